The Morgan fingerprint density at radius 3 is 0.860 bits per heavy atom. The monoisotopic (exact) mass is 686 g/mol. The van der Waals surface area contributed by atoms with E-state index in [2.05, 4.69) is 38.3 Å². The summed E-state index contributed by atoms with van der Waals surface area (Å²) < 4.78 is 23.2. The van der Waals surface area contributed by atoms with Gasteiger partial charge in [0.05, 0.1) is 0 Å². The van der Waals surface area contributed by atoms with Crippen LogP contribution in [0.15, 0.2) is 97.1 Å². The molecule has 0 aromatic heterocycles. The molecule has 0 heterocycles. The van der Waals surface area contributed by atoms with Crippen LogP contribution < -0.4 is 29.6 Å². The van der Waals surface area contributed by atoms with Crippen LogP contribution in [0.25, 0.3) is 0 Å². The first kappa shape index (κ1) is 38.7. The Bertz CT molecular complexity index is 1440. The number of hydrogen-bond donors (Lipinski definition) is 5. The number of hydrogen-bond acceptors (Lipinski definition) is 9. The highest BCUT2D eigenvalue weighted by molar-refractivity contribution is 5.43. The summed E-state index contributed by atoms with van der Waals surface area (Å²) in [4.78, 5) is 0. The maximum atomic E-state index is 10.6. The molecule has 0 saturated carbocycles. The first-order chi connectivity index (χ1) is 23.9. The van der Waals surface area contributed by atoms with Crippen molar-refractivity contribution in [3.63, 3.8) is 0 Å². The zero-order valence-corrected chi connectivity index (χ0v) is 30.2. The summed E-state index contributed by atoms with van der Waals surface area (Å²) in [7, 11) is 3.59. The lowest BCUT2D eigenvalue weighted by Gasteiger charge is -2.27. The third-order valence-electron chi connectivity index (χ3n) is 8.95. The maximum absolute atomic E-state index is 10.6. The number of aliphatic hydroxyl groups is 3. The molecule has 9 heteroatoms. The van der Waals surface area contributed by atoms with Crippen LogP contribution in [0.4, 0.5) is 0 Å². The van der Waals surface area contributed by atoms with Gasteiger partial charge in [-0.15, -0.1) is 0 Å². The van der Waals surface area contributed by atoms with E-state index in [4.69, 9.17) is 18.9 Å². The van der Waals surface area contributed by atoms with Gasteiger partial charge in [0, 0.05) is 23.9 Å². The van der Waals surface area contributed by atoms with Gasteiger partial charge in [0.1, 0.15) is 67.7 Å². The lowest BCUT2D eigenvalue weighted by Crippen LogP contribution is -2.29. The van der Waals surface area contributed by atoms with E-state index in [1.54, 1.807) is 14.1 Å². The fraction of sp³-hybridized carbons (Fsp3) is 0.415. The maximum Gasteiger partial charge on any atom is 0.122 e. The quantitative estimate of drug-likeness (QED) is 0.0868. The molecule has 0 spiro atoms. The zero-order valence-electron chi connectivity index (χ0n) is 30.2. The zero-order chi connectivity index (χ0) is 36.1. The van der Waals surface area contributed by atoms with E-state index in [-0.39, 0.29) is 37.3 Å². The molecule has 5 N–H and O–H groups in total. The predicted molar refractivity (Wildman–Crippen MR) is 198 cm³/mol. The van der Waals surface area contributed by atoms with E-state index >= 15 is 0 Å². The molecular formula is C41H54N2O7. The van der Waals surface area contributed by atoms with E-state index in [1.807, 2.05) is 97.1 Å². The van der Waals surface area contributed by atoms with Crippen LogP contribution >= 0.6 is 0 Å². The van der Waals surface area contributed by atoms with Gasteiger partial charge in [0.15, 0.2) is 0 Å². The lowest BCUT2D eigenvalue weighted by molar-refractivity contribution is 0.0626. The minimum absolute atomic E-state index is 0.104. The van der Waals surface area contributed by atoms with Crippen LogP contribution in [0.1, 0.15) is 49.9 Å². The van der Waals surface area contributed by atoms with Crippen molar-refractivity contribution in [2.24, 2.45) is 0 Å². The van der Waals surface area contributed by atoms with Gasteiger partial charge in [-0.05, 0) is 84.9 Å². The number of rotatable bonds is 20. The third-order valence-corrected chi connectivity index (χ3v) is 8.95. The molecule has 0 radical (unpaired) electrons. The molecule has 4 rings (SSSR count). The SMILES string of the molecule is CNCC(O)COc1ccc(C(C)(C)c2ccc(OCC(O)COc3ccc(C(C)(C)c4ccc(OCC(O)CNC)cc4)cc3)cc2)cc1. The second kappa shape index (κ2) is 18.2. The normalized spacial score (nSPS) is 13.7. The van der Waals surface area contributed by atoms with Gasteiger partial charge in [0.2, 0.25) is 0 Å². The van der Waals surface area contributed by atoms with Crippen molar-refractivity contribution in [2.45, 2.75) is 56.8 Å². The molecular weight excluding hydrogens is 632 g/mol. The van der Waals surface area contributed by atoms with Crippen molar-refractivity contribution in [2.75, 3.05) is 53.6 Å². The van der Waals surface area contributed by atoms with Gasteiger partial charge in [-0.25, -0.2) is 0 Å². The summed E-state index contributed by atoms with van der Waals surface area (Å²) in [6, 6.07) is 31.7. The minimum atomic E-state index is -0.803. The van der Waals surface area contributed by atoms with Gasteiger partial charge in [0.25, 0.3) is 0 Å². The van der Waals surface area contributed by atoms with E-state index in [1.165, 1.54) is 0 Å². The molecule has 0 amide bonds. The highest BCUT2D eigenvalue weighted by Crippen LogP contribution is 2.35. The number of ether oxygens (including phenoxy) is 4. The van der Waals surface area contributed by atoms with Gasteiger partial charge >= 0.3 is 0 Å². The Morgan fingerprint density at radius 1 is 0.420 bits per heavy atom. The van der Waals surface area contributed by atoms with E-state index in [0.717, 1.165) is 33.8 Å². The number of likely N-dealkylation sites (N-methyl/N-ethyl adjacent to an activating group) is 2. The molecule has 0 aliphatic heterocycles. The Morgan fingerprint density at radius 2 is 0.640 bits per heavy atom. The summed E-state index contributed by atoms with van der Waals surface area (Å²) in [6.45, 7) is 10.3. The largest absolute Gasteiger partial charge is 0.491 e. The van der Waals surface area contributed by atoms with E-state index < -0.39 is 18.3 Å². The minimum Gasteiger partial charge on any atom is -0.491 e. The predicted octanol–water partition coefficient (Wildman–Crippen LogP) is 5.08. The van der Waals surface area contributed by atoms with Crippen molar-refractivity contribution in [1.82, 2.24) is 10.6 Å². The van der Waals surface area contributed by atoms with Gasteiger partial charge < -0.3 is 44.9 Å². The summed E-state index contributed by atoms with van der Waals surface area (Å²) in [5, 5.41) is 36.2. The van der Waals surface area contributed by atoms with Crippen molar-refractivity contribution < 1.29 is 34.3 Å². The van der Waals surface area contributed by atoms with Crippen LogP contribution in [0.2, 0.25) is 0 Å². The Kier molecular flexibility index (Phi) is 14.1. The van der Waals surface area contributed by atoms with Crippen LogP contribution in [0.5, 0.6) is 23.0 Å². The van der Waals surface area contributed by atoms with Crippen molar-refractivity contribution in [3.8, 4) is 23.0 Å². The van der Waals surface area contributed by atoms with Crippen molar-refractivity contribution in [1.29, 1.82) is 0 Å². The molecule has 50 heavy (non-hydrogen) atoms. The number of aliphatic hydroxyl groups excluding tert-OH is 3. The van der Waals surface area contributed by atoms with Gasteiger partial charge in [-0.3, -0.25) is 0 Å². The van der Waals surface area contributed by atoms with Crippen LogP contribution in [0, 0.1) is 0 Å². The standard InChI is InChI=1S/C41H54N2O7/c1-40(2,29-7-15-36(16-8-29)47-25-33(44)23-42-5)31-11-19-38(20-12-31)49-27-35(46)28-50-39-21-13-32(14-22-39)41(3,4)30-9-17-37(18-10-30)48-26-34(45)24-43-6/h7-22,33-35,42-46H,23-28H2,1-6H3. The molecule has 4 aromatic carbocycles. The van der Waals surface area contributed by atoms with Crippen LogP contribution in [-0.4, -0.2) is 87.2 Å². The molecule has 0 bridgehead atoms. The molecule has 2 unspecified atom stereocenters. The Labute approximate surface area is 297 Å². The van der Waals surface area contributed by atoms with Crippen LogP contribution in [-0.2, 0) is 10.8 Å². The lowest BCUT2D eigenvalue weighted by atomic mass is 9.78. The summed E-state index contributed by atoms with van der Waals surface area (Å²) in [6.07, 6.45) is -1.92. The number of nitrogens with one attached hydrogen (secondary N) is 2. The van der Waals surface area contributed by atoms with Crippen LogP contribution in [0.3, 0.4) is 0 Å². The Hall–Kier alpha value is -4.12. The van der Waals surface area contributed by atoms with E-state index in [9.17, 15) is 15.3 Å². The summed E-state index contributed by atoms with van der Waals surface area (Å²) >= 11 is 0. The van der Waals surface area contributed by atoms with Gasteiger partial charge in [-0.1, -0.05) is 76.2 Å². The van der Waals surface area contributed by atoms with Gasteiger partial charge in [-0.2, -0.15) is 0 Å². The average molecular weight is 687 g/mol. The molecule has 0 aliphatic rings. The summed E-state index contributed by atoms with van der Waals surface area (Å²) in [5.41, 5.74) is 4.02. The molecule has 4 aromatic rings. The third kappa shape index (κ3) is 10.9. The Balaban J connectivity index is 1.23. The fourth-order valence-electron chi connectivity index (χ4n) is 5.61. The molecule has 0 saturated heterocycles. The number of benzene rings is 4. The molecule has 2 atom stereocenters. The fourth-order valence-corrected chi connectivity index (χ4v) is 5.61. The molecule has 0 aliphatic carbocycles. The topological polar surface area (TPSA) is 122 Å². The second-order valence-electron chi connectivity index (χ2n) is 13.7. The highest BCUT2D eigenvalue weighted by Gasteiger charge is 2.24. The van der Waals surface area contributed by atoms with Crippen molar-refractivity contribution >= 4 is 0 Å². The first-order valence-electron chi connectivity index (χ1n) is 17.2. The molecule has 9 nitrogen and oxygen atoms in total. The van der Waals surface area contributed by atoms with E-state index in [0.29, 0.717) is 24.6 Å². The summed E-state index contributed by atoms with van der Waals surface area (Å²) in [5.74, 6) is 2.78. The highest BCUT2D eigenvalue weighted by atomic mass is 16.5. The van der Waals surface area contributed by atoms with Crippen molar-refractivity contribution in [3.05, 3.63) is 119 Å². The molecule has 270 valence electrons. The smallest absolute Gasteiger partial charge is 0.122 e. The average Bonchev–Trinajstić information content (AvgIpc) is 3.12. The second-order valence-corrected chi connectivity index (χ2v) is 13.7. The first-order valence-corrected chi connectivity index (χ1v) is 17.2. The molecule has 0 fully saturated rings.